The lowest BCUT2D eigenvalue weighted by molar-refractivity contribution is -0.267. The molecule has 2 aliphatic rings. The van der Waals surface area contributed by atoms with Gasteiger partial charge in [0, 0.05) is 0 Å². The van der Waals surface area contributed by atoms with Gasteiger partial charge in [-0.25, -0.2) is 0 Å². The number of carbonyl (C=O) groups is 1. The van der Waals surface area contributed by atoms with Crippen molar-refractivity contribution in [2.45, 2.75) is 69.4 Å². The molecule has 1 heterocycles. The van der Waals surface area contributed by atoms with Crippen LogP contribution in [0, 0.1) is 11.8 Å². The molecule has 1 aliphatic carbocycles. The predicted octanol–water partition coefficient (Wildman–Crippen LogP) is -0.834. The lowest BCUT2D eigenvalue weighted by Crippen LogP contribution is -2.67. The highest BCUT2D eigenvalue weighted by molar-refractivity contribution is 5.77. The Kier molecular flexibility index (Phi) is 7.24. The SMILES string of the molecule is CC(C)CC(C)OC(=O)C1C=C(O)C=CC1(O)[C@@H]1O[C@H](CO)[C@@H](O)[C@H](O)[C@H]1O. The van der Waals surface area contributed by atoms with Gasteiger partial charge in [-0.2, -0.15) is 0 Å². The number of hydrogen-bond acceptors (Lipinski definition) is 9. The lowest BCUT2D eigenvalue weighted by atomic mass is 9.74. The number of esters is 1. The van der Waals surface area contributed by atoms with Crippen LogP contribution in [0.15, 0.2) is 24.0 Å². The van der Waals surface area contributed by atoms with Crippen LogP contribution in [0.2, 0.25) is 0 Å². The van der Waals surface area contributed by atoms with Crippen molar-refractivity contribution >= 4 is 5.97 Å². The summed E-state index contributed by atoms with van der Waals surface area (Å²) in [7, 11) is 0. The molecule has 9 nitrogen and oxygen atoms in total. The Morgan fingerprint density at radius 2 is 1.86 bits per heavy atom. The van der Waals surface area contributed by atoms with E-state index in [4.69, 9.17) is 9.47 Å². The van der Waals surface area contributed by atoms with Crippen LogP contribution in [-0.2, 0) is 14.3 Å². The normalized spacial score (nSPS) is 39.5. The third kappa shape index (κ3) is 4.56. The molecule has 0 radical (unpaired) electrons. The maximum absolute atomic E-state index is 12.7. The van der Waals surface area contributed by atoms with Gasteiger partial charge in [0.25, 0.3) is 0 Å². The van der Waals surface area contributed by atoms with Gasteiger partial charge in [0.1, 0.15) is 47.8 Å². The Morgan fingerprint density at radius 3 is 2.43 bits per heavy atom. The molecule has 2 rings (SSSR count). The third-order valence-electron chi connectivity index (χ3n) is 5.08. The van der Waals surface area contributed by atoms with Crippen molar-refractivity contribution in [2.75, 3.05) is 6.61 Å². The average Bonchev–Trinajstić information content (AvgIpc) is 2.61. The van der Waals surface area contributed by atoms with Crippen LogP contribution < -0.4 is 0 Å². The van der Waals surface area contributed by atoms with E-state index in [1.165, 1.54) is 0 Å². The van der Waals surface area contributed by atoms with Gasteiger partial charge in [0.2, 0.25) is 0 Å². The van der Waals surface area contributed by atoms with Crippen LogP contribution in [0.3, 0.4) is 0 Å². The Morgan fingerprint density at radius 1 is 1.21 bits per heavy atom. The number of ether oxygens (including phenoxy) is 2. The first-order chi connectivity index (χ1) is 13.0. The summed E-state index contributed by atoms with van der Waals surface area (Å²) < 4.78 is 10.8. The lowest BCUT2D eigenvalue weighted by Gasteiger charge is -2.48. The highest BCUT2D eigenvalue weighted by Gasteiger charge is 2.56. The van der Waals surface area contributed by atoms with Crippen LogP contribution in [0.5, 0.6) is 0 Å². The standard InChI is InChI=1S/C19H30O9/c1-9(2)6-10(3)27-18(25)12-7-11(21)4-5-19(12,26)17-16(24)15(23)14(22)13(8-20)28-17/h4-5,7,9-10,12-17,20-24,26H,6,8H2,1-3H3/t10?,12?,13-,14-,15+,16-,17-,19?/m1/s1. The molecular formula is C19H30O9. The Hall–Kier alpha value is -1.49. The molecule has 0 aromatic carbocycles. The molecule has 0 saturated carbocycles. The van der Waals surface area contributed by atoms with E-state index in [1.54, 1.807) is 6.92 Å². The molecule has 160 valence electrons. The molecule has 1 fully saturated rings. The number of rotatable bonds is 6. The van der Waals surface area contributed by atoms with Crippen molar-refractivity contribution in [3.8, 4) is 0 Å². The molecule has 0 aromatic rings. The summed E-state index contributed by atoms with van der Waals surface area (Å²) in [5.74, 6) is -2.30. The highest BCUT2D eigenvalue weighted by atomic mass is 16.6. The molecule has 0 amide bonds. The fourth-order valence-electron chi connectivity index (χ4n) is 3.68. The second-order valence-electron chi connectivity index (χ2n) is 7.92. The maximum Gasteiger partial charge on any atom is 0.316 e. The maximum atomic E-state index is 12.7. The number of hydrogen-bond donors (Lipinski definition) is 6. The monoisotopic (exact) mass is 402 g/mol. The fraction of sp³-hybridized carbons (Fsp3) is 0.737. The first-order valence-electron chi connectivity index (χ1n) is 9.34. The topological polar surface area (TPSA) is 157 Å². The highest BCUT2D eigenvalue weighted by Crippen LogP contribution is 2.38. The fourth-order valence-corrected chi connectivity index (χ4v) is 3.68. The van der Waals surface area contributed by atoms with E-state index in [0.717, 1.165) is 18.2 Å². The number of carbonyl (C=O) groups excluding carboxylic acids is 1. The number of aliphatic hydroxyl groups excluding tert-OH is 5. The van der Waals surface area contributed by atoms with Crippen LogP contribution >= 0.6 is 0 Å². The predicted molar refractivity (Wildman–Crippen MR) is 97.1 cm³/mol. The first kappa shape index (κ1) is 22.8. The molecule has 3 unspecified atom stereocenters. The minimum Gasteiger partial charge on any atom is -0.508 e. The van der Waals surface area contributed by atoms with E-state index in [-0.39, 0.29) is 11.7 Å². The molecule has 6 N–H and O–H groups in total. The van der Waals surface area contributed by atoms with Crippen molar-refractivity contribution in [2.24, 2.45) is 11.8 Å². The summed E-state index contributed by atoms with van der Waals surface area (Å²) in [6.07, 6.45) is -4.49. The van der Waals surface area contributed by atoms with Crippen LogP contribution in [0.1, 0.15) is 27.2 Å². The average molecular weight is 402 g/mol. The van der Waals surface area contributed by atoms with E-state index in [0.29, 0.717) is 6.42 Å². The smallest absolute Gasteiger partial charge is 0.316 e. The Labute approximate surface area is 163 Å². The molecule has 1 aliphatic heterocycles. The second kappa shape index (κ2) is 8.89. The Bertz CT molecular complexity index is 615. The van der Waals surface area contributed by atoms with Gasteiger partial charge in [-0.05, 0) is 37.5 Å². The van der Waals surface area contributed by atoms with Gasteiger partial charge < -0.3 is 40.1 Å². The molecule has 8 atom stereocenters. The van der Waals surface area contributed by atoms with Crippen molar-refractivity contribution in [3.05, 3.63) is 24.0 Å². The summed E-state index contributed by atoms with van der Waals surface area (Å²) in [4.78, 5) is 12.7. The van der Waals surface area contributed by atoms with Crippen LogP contribution in [0.4, 0.5) is 0 Å². The van der Waals surface area contributed by atoms with Crippen LogP contribution in [0.25, 0.3) is 0 Å². The van der Waals surface area contributed by atoms with Gasteiger partial charge in [-0.1, -0.05) is 13.8 Å². The molecule has 28 heavy (non-hydrogen) atoms. The van der Waals surface area contributed by atoms with Gasteiger partial charge in [-0.3, -0.25) is 4.79 Å². The number of aliphatic hydroxyl groups is 6. The van der Waals surface area contributed by atoms with E-state index < -0.39 is 60.7 Å². The molecular weight excluding hydrogens is 372 g/mol. The molecule has 1 saturated heterocycles. The molecule has 9 heteroatoms. The quantitative estimate of drug-likeness (QED) is 0.312. The zero-order valence-corrected chi connectivity index (χ0v) is 16.2. The molecule has 0 aromatic heterocycles. The third-order valence-corrected chi connectivity index (χ3v) is 5.08. The molecule has 0 bridgehead atoms. The van der Waals surface area contributed by atoms with Crippen molar-refractivity contribution in [1.82, 2.24) is 0 Å². The zero-order valence-electron chi connectivity index (χ0n) is 16.2. The minimum absolute atomic E-state index is 0.266. The molecule has 0 spiro atoms. The van der Waals surface area contributed by atoms with E-state index in [9.17, 15) is 35.4 Å². The summed E-state index contributed by atoms with van der Waals surface area (Å²) in [5.41, 5.74) is -2.19. The van der Waals surface area contributed by atoms with E-state index in [1.807, 2.05) is 13.8 Å². The minimum atomic E-state index is -2.19. The van der Waals surface area contributed by atoms with Crippen molar-refractivity contribution in [3.63, 3.8) is 0 Å². The van der Waals surface area contributed by atoms with Gasteiger partial charge in [0.15, 0.2) is 0 Å². The van der Waals surface area contributed by atoms with Gasteiger partial charge >= 0.3 is 5.97 Å². The van der Waals surface area contributed by atoms with E-state index >= 15 is 0 Å². The Balaban J connectivity index is 2.31. The number of allylic oxidation sites excluding steroid dienone is 1. The second-order valence-corrected chi connectivity index (χ2v) is 7.92. The zero-order chi connectivity index (χ0) is 21.2. The largest absolute Gasteiger partial charge is 0.508 e. The van der Waals surface area contributed by atoms with E-state index in [2.05, 4.69) is 0 Å². The van der Waals surface area contributed by atoms with Gasteiger partial charge in [-0.15, -0.1) is 0 Å². The van der Waals surface area contributed by atoms with Crippen molar-refractivity contribution < 1.29 is 44.9 Å². The van der Waals surface area contributed by atoms with Crippen molar-refractivity contribution in [1.29, 1.82) is 0 Å². The van der Waals surface area contributed by atoms with Gasteiger partial charge in [0.05, 0.1) is 12.7 Å². The summed E-state index contributed by atoms with van der Waals surface area (Å²) in [5, 5.41) is 60.7. The first-order valence-corrected chi connectivity index (χ1v) is 9.34. The van der Waals surface area contributed by atoms with Crippen LogP contribution in [-0.4, -0.2) is 85.4 Å². The summed E-state index contributed by atoms with van der Waals surface area (Å²) in [6.45, 7) is 4.95. The summed E-state index contributed by atoms with van der Waals surface area (Å²) in [6, 6.07) is 0. The summed E-state index contributed by atoms with van der Waals surface area (Å²) >= 11 is 0.